The van der Waals surface area contributed by atoms with E-state index in [2.05, 4.69) is 0 Å². The van der Waals surface area contributed by atoms with Crippen molar-refractivity contribution in [2.24, 2.45) is 5.73 Å². The zero-order chi connectivity index (χ0) is 14.3. The summed E-state index contributed by atoms with van der Waals surface area (Å²) in [5.41, 5.74) is 5.39. The van der Waals surface area contributed by atoms with Gasteiger partial charge in [-0.2, -0.15) is 22.0 Å². The SMILES string of the molecule is Cc1cc(C(N)C(F)(F)C(F)(F)F)c(C)cc1Cl. The Bertz CT molecular complexity index is 455. The predicted octanol–water partition coefficient (Wildman–Crippen LogP) is 4.15. The summed E-state index contributed by atoms with van der Waals surface area (Å²) < 4.78 is 63.0. The zero-order valence-electron chi connectivity index (χ0n) is 9.58. The van der Waals surface area contributed by atoms with Gasteiger partial charge >= 0.3 is 12.1 Å². The molecule has 1 unspecified atom stereocenters. The Morgan fingerprint density at radius 1 is 1.06 bits per heavy atom. The number of hydrogen-bond donors (Lipinski definition) is 1. The molecule has 0 aliphatic rings. The lowest BCUT2D eigenvalue weighted by atomic mass is 9.95. The van der Waals surface area contributed by atoms with Crippen molar-refractivity contribution in [2.45, 2.75) is 32.0 Å². The maximum Gasteiger partial charge on any atom is 0.455 e. The number of nitrogens with two attached hydrogens (primary N) is 1. The van der Waals surface area contributed by atoms with Crippen molar-refractivity contribution in [1.82, 2.24) is 0 Å². The number of alkyl halides is 5. The van der Waals surface area contributed by atoms with Gasteiger partial charge in [0.1, 0.15) is 6.04 Å². The maximum atomic E-state index is 13.1. The van der Waals surface area contributed by atoms with Crippen LogP contribution in [0.15, 0.2) is 12.1 Å². The number of rotatable bonds is 2. The van der Waals surface area contributed by atoms with Gasteiger partial charge in [-0.15, -0.1) is 0 Å². The van der Waals surface area contributed by atoms with E-state index in [9.17, 15) is 22.0 Å². The molecule has 0 amide bonds. The Hall–Kier alpha value is -0.880. The van der Waals surface area contributed by atoms with E-state index in [1.807, 2.05) is 0 Å². The molecule has 0 spiro atoms. The molecule has 1 aromatic rings. The van der Waals surface area contributed by atoms with Crippen LogP contribution in [-0.2, 0) is 0 Å². The molecule has 0 aromatic heterocycles. The zero-order valence-corrected chi connectivity index (χ0v) is 10.3. The number of benzene rings is 1. The molecule has 0 saturated carbocycles. The summed E-state index contributed by atoms with van der Waals surface area (Å²) >= 11 is 5.74. The molecule has 18 heavy (non-hydrogen) atoms. The molecular formula is C11H11ClF5N. The third kappa shape index (κ3) is 2.59. The minimum atomic E-state index is -5.69. The van der Waals surface area contributed by atoms with Gasteiger partial charge in [0.05, 0.1) is 0 Å². The molecule has 0 radical (unpaired) electrons. The molecule has 0 bridgehead atoms. The molecule has 1 nitrogen and oxygen atoms in total. The summed E-state index contributed by atoms with van der Waals surface area (Å²) in [6.07, 6.45) is -5.69. The molecule has 1 aromatic carbocycles. The normalized spacial score (nSPS) is 14.7. The fraction of sp³-hybridized carbons (Fsp3) is 0.455. The van der Waals surface area contributed by atoms with E-state index >= 15 is 0 Å². The minimum absolute atomic E-state index is 0.196. The van der Waals surface area contributed by atoms with Crippen molar-refractivity contribution < 1.29 is 22.0 Å². The Morgan fingerprint density at radius 3 is 2.00 bits per heavy atom. The minimum Gasteiger partial charge on any atom is -0.319 e. The monoisotopic (exact) mass is 287 g/mol. The van der Waals surface area contributed by atoms with Crippen LogP contribution in [-0.4, -0.2) is 12.1 Å². The van der Waals surface area contributed by atoms with Crippen LogP contribution < -0.4 is 5.73 Å². The van der Waals surface area contributed by atoms with Crippen molar-refractivity contribution >= 4 is 11.6 Å². The molecule has 0 fully saturated rings. The van der Waals surface area contributed by atoms with Crippen molar-refractivity contribution in [3.05, 3.63) is 33.8 Å². The van der Waals surface area contributed by atoms with Gasteiger partial charge in [-0.25, -0.2) is 0 Å². The Balaban J connectivity index is 3.27. The lowest BCUT2D eigenvalue weighted by Gasteiger charge is -2.27. The van der Waals surface area contributed by atoms with Crippen molar-refractivity contribution in [2.75, 3.05) is 0 Å². The van der Waals surface area contributed by atoms with E-state index in [0.29, 0.717) is 10.6 Å². The molecule has 0 aliphatic heterocycles. The second kappa shape index (κ2) is 4.66. The van der Waals surface area contributed by atoms with Crippen LogP contribution in [0, 0.1) is 13.8 Å². The second-order valence-electron chi connectivity index (χ2n) is 4.06. The highest BCUT2D eigenvalue weighted by molar-refractivity contribution is 6.31. The number of aryl methyl sites for hydroxylation is 2. The first kappa shape index (κ1) is 15.2. The van der Waals surface area contributed by atoms with Crippen LogP contribution in [0.2, 0.25) is 5.02 Å². The van der Waals surface area contributed by atoms with Gasteiger partial charge in [0.25, 0.3) is 0 Å². The summed E-state index contributed by atoms with van der Waals surface area (Å²) in [6.45, 7) is 2.89. The van der Waals surface area contributed by atoms with Crippen molar-refractivity contribution in [3.8, 4) is 0 Å². The maximum absolute atomic E-state index is 13.1. The number of halogens is 6. The van der Waals surface area contributed by atoms with E-state index in [1.165, 1.54) is 19.9 Å². The summed E-state index contributed by atoms with van der Waals surface area (Å²) in [4.78, 5) is 0. The van der Waals surface area contributed by atoms with Gasteiger partial charge in [0, 0.05) is 5.02 Å². The highest BCUT2D eigenvalue weighted by Gasteiger charge is 2.61. The Morgan fingerprint density at radius 2 is 1.56 bits per heavy atom. The van der Waals surface area contributed by atoms with Crippen LogP contribution in [0.1, 0.15) is 22.7 Å². The Kier molecular flexibility index (Phi) is 3.93. The van der Waals surface area contributed by atoms with E-state index < -0.39 is 18.1 Å². The third-order valence-electron chi connectivity index (χ3n) is 2.65. The fourth-order valence-corrected chi connectivity index (χ4v) is 1.73. The predicted molar refractivity (Wildman–Crippen MR) is 58.9 cm³/mol. The van der Waals surface area contributed by atoms with Gasteiger partial charge < -0.3 is 5.73 Å². The lowest BCUT2D eigenvalue weighted by Crippen LogP contribution is -2.46. The van der Waals surface area contributed by atoms with Gasteiger partial charge in [-0.3, -0.25) is 0 Å². The Labute approximate surface area is 106 Å². The molecule has 0 aliphatic carbocycles. The largest absolute Gasteiger partial charge is 0.455 e. The van der Waals surface area contributed by atoms with Crippen LogP contribution in [0.5, 0.6) is 0 Å². The average molecular weight is 288 g/mol. The molecular weight excluding hydrogens is 277 g/mol. The molecule has 102 valence electrons. The smallest absolute Gasteiger partial charge is 0.319 e. The quantitative estimate of drug-likeness (QED) is 0.812. The topological polar surface area (TPSA) is 26.0 Å². The molecule has 2 N–H and O–H groups in total. The summed E-state index contributed by atoms with van der Waals surface area (Å²) in [5, 5.41) is 0.291. The van der Waals surface area contributed by atoms with E-state index in [0.717, 1.165) is 6.07 Å². The highest BCUT2D eigenvalue weighted by atomic mass is 35.5. The standard InChI is InChI=1S/C11H11ClF5N/c1-5-4-8(12)6(2)3-7(5)9(18)10(13,14)11(15,16)17/h3-4,9H,18H2,1-2H3. The van der Waals surface area contributed by atoms with Crippen LogP contribution in [0.3, 0.4) is 0 Å². The first-order valence-electron chi connectivity index (χ1n) is 4.95. The van der Waals surface area contributed by atoms with Crippen LogP contribution in [0.25, 0.3) is 0 Å². The molecule has 1 rings (SSSR count). The first-order chi connectivity index (χ1) is 7.98. The highest BCUT2D eigenvalue weighted by Crippen LogP contribution is 2.44. The third-order valence-corrected chi connectivity index (χ3v) is 3.06. The summed E-state index contributed by atoms with van der Waals surface area (Å²) in [7, 11) is 0. The molecule has 0 heterocycles. The summed E-state index contributed by atoms with van der Waals surface area (Å²) in [6, 6.07) is 0.0222. The van der Waals surface area contributed by atoms with Gasteiger partial charge in [0.15, 0.2) is 0 Å². The van der Waals surface area contributed by atoms with E-state index in [1.54, 1.807) is 0 Å². The van der Waals surface area contributed by atoms with E-state index in [4.69, 9.17) is 17.3 Å². The van der Waals surface area contributed by atoms with Crippen LogP contribution >= 0.6 is 11.6 Å². The van der Waals surface area contributed by atoms with Crippen molar-refractivity contribution in [1.29, 1.82) is 0 Å². The van der Waals surface area contributed by atoms with Gasteiger partial charge in [-0.1, -0.05) is 17.7 Å². The van der Waals surface area contributed by atoms with Crippen molar-refractivity contribution in [3.63, 3.8) is 0 Å². The lowest BCUT2D eigenvalue weighted by molar-refractivity contribution is -0.291. The number of hydrogen-bond acceptors (Lipinski definition) is 1. The molecule has 1 atom stereocenters. The van der Waals surface area contributed by atoms with Gasteiger partial charge in [0.2, 0.25) is 0 Å². The molecule has 0 saturated heterocycles. The first-order valence-corrected chi connectivity index (χ1v) is 5.33. The van der Waals surface area contributed by atoms with Gasteiger partial charge in [-0.05, 0) is 36.6 Å². The fourth-order valence-electron chi connectivity index (χ4n) is 1.51. The average Bonchev–Trinajstić information content (AvgIpc) is 2.20. The second-order valence-corrected chi connectivity index (χ2v) is 4.46. The molecule has 7 heteroatoms. The van der Waals surface area contributed by atoms with E-state index in [-0.39, 0.29) is 11.1 Å². The van der Waals surface area contributed by atoms with Crippen LogP contribution in [0.4, 0.5) is 22.0 Å². The summed E-state index contributed by atoms with van der Waals surface area (Å²) in [5.74, 6) is -4.99.